The number of ether oxygens (including phenoxy) is 1. The second-order valence-corrected chi connectivity index (χ2v) is 7.09. The smallest absolute Gasteiger partial charge is 0.258 e. The molecule has 2 aliphatic heterocycles. The maximum Gasteiger partial charge on any atom is 0.258 e. The van der Waals surface area contributed by atoms with Gasteiger partial charge >= 0.3 is 0 Å². The summed E-state index contributed by atoms with van der Waals surface area (Å²) in [6.45, 7) is 9.36. The Bertz CT molecular complexity index is 556. The lowest BCUT2D eigenvalue weighted by molar-refractivity contribution is 0.0103. The summed E-state index contributed by atoms with van der Waals surface area (Å²) in [4.78, 5) is 17.5. The molecule has 7 heteroatoms. The summed E-state index contributed by atoms with van der Waals surface area (Å²) in [5, 5.41) is 3.97. The van der Waals surface area contributed by atoms with Crippen LogP contribution in [0.15, 0.2) is 0 Å². The predicted molar refractivity (Wildman–Crippen MR) is 92.3 cm³/mol. The van der Waals surface area contributed by atoms with E-state index in [1.165, 1.54) is 11.5 Å². The van der Waals surface area contributed by atoms with E-state index in [0.29, 0.717) is 12.0 Å². The van der Waals surface area contributed by atoms with Crippen LogP contribution in [0.25, 0.3) is 0 Å². The van der Waals surface area contributed by atoms with Crippen LogP contribution in [0.2, 0.25) is 0 Å². The Kier molecular flexibility index (Phi) is 5.18. The van der Waals surface area contributed by atoms with Crippen molar-refractivity contribution >= 4 is 22.4 Å². The van der Waals surface area contributed by atoms with Gasteiger partial charge in [0, 0.05) is 39.3 Å². The van der Waals surface area contributed by atoms with Gasteiger partial charge in [0.05, 0.1) is 24.5 Å². The third kappa shape index (κ3) is 3.22. The number of nitrogens with one attached hydrogen (secondary N) is 1. The first-order chi connectivity index (χ1) is 11.2. The molecule has 0 radical (unpaired) electrons. The van der Waals surface area contributed by atoms with Gasteiger partial charge < -0.3 is 15.0 Å². The normalized spacial score (nSPS) is 25.8. The van der Waals surface area contributed by atoms with Crippen molar-refractivity contribution in [2.75, 3.05) is 51.8 Å². The van der Waals surface area contributed by atoms with Gasteiger partial charge in [-0.1, -0.05) is 13.3 Å². The zero-order valence-electron chi connectivity index (χ0n) is 14.2. The van der Waals surface area contributed by atoms with Gasteiger partial charge in [-0.05, 0) is 24.4 Å². The number of hydrogen-bond donors (Lipinski definition) is 1. The van der Waals surface area contributed by atoms with Crippen molar-refractivity contribution in [1.29, 1.82) is 0 Å². The number of anilines is 1. The van der Waals surface area contributed by atoms with E-state index in [1.807, 2.05) is 18.9 Å². The second-order valence-electron chi connectivity index (χ2n) is 6.32. The molecule has 128 valence electrons. The number of aromatic nitrogens is 1. The molecule has 0 bridgehead atoms. The van der Waals surface area contributed by atoms with Crippen LogP contribution < -0.4 is 5.32 Å². The minimum absolute atomic E-state index is 0.120. The van der Waals surface area contributed by atoms with E-state index in [9.17, 15) is 4.79 Å². The molecule has 3 rings (SSSR count). The quantitative estimate of drug-likeness (QED) is 0.905. The molecule has 3 heterocycles. The molecular formula is C16H26N4O2S. The van der Waals surface area contributed by atoms with E-state index in [4.69, 9.17) is 4.74 Å². The topological polar surface area (TPSA) is 57.7 Å². The molecular weight excluding hydrogens is 312 g/mol. The number of rotatable bonds is 4. The molecule has 1 aromatic heterocycles. The van der Waals surface area contributed by atoms with Crippen molar-refractivity contribution in [3.8, 4) is 0 Å². The number of hydrogen-bond acceptors (Lipinski definition) is 6. The number of carbonyl (C=O) groups excluding carboxylic acids is 1. The molecule has 0 aromatic carbocycles. The number of morpholine rings is 1. The van der Waals surface area contributed by atoms with E-state index >= 15 is 0 Å². The van der Waals surface area contributed by atoms with Crippen LogP contribution >= 0.6 is 11.5 Å². The first-order valence-electron chi connectivity index (χ1n) is 8.40. The van der Waals surface area contributed by atoms with Gasteiger partial charge in [0.1, 0.15) is 5.00 Å². The first-order valence-corrected chi connectivity index (χ1v) is 9.18. The number of aryl methyl sites for hydroxylation is 1. The van der Waals surface area contributed by atoms with Gasteiger partial charge in [0.2, 0.25) is 0 Å². The SMILES string of the molecule is CC[C@@H]1CN(C(=O)c2c(C)nsc2NC)C[C@H]1N1CCOCC1. The fourth-order valence-corrected chi connectivity index (χ4v) is 4.43. The number of carbonyl (C=O) groups is 1. The Morgan fingerprint density at radius 2 is 2.13 bits per heavy atom. The van der Waals surface area contributed by atoms with E-state index in [-0.39, 0.29) is 5.91 Å². The van der Waals surface area contributed by atoms with Gasteiger partial charge in [0.25, 0.3) is 5.91 Å². The second kappa shape index (κ2) is 7.15. The lowest BCUT2D eigenvalue weighted by atomic mass is 9.99. The van der Waals surface area contributed by atoms with E-state index in [1.54, 1.807) is 0 Å². The van der Waals surface area contributed by atoms with Crippen molar-refractivity contribution in [2.24, 2.45) is 5.92 Å². The summed E-state index contributed by atoms with van der Waals surface area (Å²) in [7, 11) is 1.85. The van der Waals surface area contributed by atoms with E-state index < -0.39 is 0 Å². The minimum atomic E-state index is 0.120. The van der Waals surface area contributed by atoms with Gasteiger partial charge in [-0.25, -0.2) is 0 Å². The Hall–Kier alpha value is -1.18. The number of amides is 1. The molecule has 0 saturated carbocycles. The van der Waals surface area contributed by atoms with Crippen LogP contribution in [0, 0.1) is 12.8 Å². The van der Waals surface area contributed by atoms with Crippen LogP contribution in [0.3, 0.4) is 0 Å². The first kappa shape index (κ1) is 16.7. The van der Waals surface area contributed by atoms with Crippen LogP contribution in [0.1, 0.15) is 29.4 Å². The molecule has 23 heavy (non-hydrogen) atoms. The van der Waals surface area contributed by atoms with Crippen LogP contribution in [-0.2, 0) is 4.74 Å². The molecule has 1 N–H and O–H groups in total. The Morgan fingerprint density at radius 1 is 1.39 bits per heavy atom. The third-order valence-corrected chi connectivity index (χ3v) is 5.99. The zero-order valence-corrected chi connectivity index (χ0v) is 15.0. The largest absolute Gasteiger partial charge is 0.379 e. The molecule has 2 fully saturated rings. The molecule has 0 aliphatic carbocycles. The molecule has 0 spiro atoms. The van der Waals surface area contributed by atoms with Crippen LogP contribution in [-0.4, -0.2) is 72.6 Å². The standard InChI is InChI=1S/C16H26N4O2S/c1-4-12-9-20(10-13(12)19-5-7-22-8-6-19)16(21)14-11(2)18-23-15(14)17-3/h12-13,17H,4-10H2,1-3H3/t12-,13-/m1/s1. The Balaban J connectivity index is 1.76. The van der Waals surface area contributed by atoms with Crippen molar-refractivity contribution in [2.45, 2.75) is 26.3 Å². The highest BCUT2D eigenvalue weighted by Gasteiger charge is 2.39. The Labute approximate surface area is 142 Å². The summed E-state index contributed by atoms with van der Waals surface area (Å²) in [5.74, 6) is 0.664. The van der Waals surface area contributed by atoms with Crippen molar-refractivity contribution < 1.29 is 9.53 Å². The third-order valence-electron chi connectivity index (χ3n) is 5.04. The maximum absolute atomic E-state index is 13.0. The molecule has 1 amide bonds. The number of likely N-dealkylation sites (tertiary alicyclic amines) is 1. The highest BCUT2D eigenvalue weighted by atomic mass is 32.1. The fourth-order valence-electron chi connectivity index (χ4n) is 3.69. The predicted octanol–water partition coefficient (Wildman–Crippen LogP) is 1.68. The lowest BCUT2D eigenvalue weighted by Gasteiger charge is -2.34. The molecule has 6 nitrogen and oxygen atoms in total. The van der Waals surface area contributed by atoms with E-state index in [2.05, 4.69) is 21.5 Å². The summed E-state index contributed by atoms with van der Waals surface area (Å²) in [5.41, 5.74) is 1.57. The summed E-state index contributed by atoms with van der Waals surface area (Å²) < 4.78 is 9.80. The molecule has 2 aliphatic rings. The number of nitrogens with zero attached hydrogens (tertiary/aromatic N) is 3. The molecule has 2 saturated heterocycles. The van der Waals surface area contributed by atoms with E-state index in [0.717, 1.165) is 62.1 Å². The highest BCUT2D eigenvalue weighted by molar-refractivity contribution is 7.10. The molecule has 2 atom stereocenters. The van der Waals surface area contributed by atoms with Crippen molar-refractivity contribution in [3.63, 3.8) is 0 Å². The fraction of sp³-hybridized carbons (Fsp3) is 0.750. The van der Waals surface area contributed by atoms with Gasteiger partial charge in [0.15, 0.2) is 0 Å². The van der Waals surface area contributed by atoms with Crippen molar-refractivity contribution in [1.82, 2.24) is 14.2 Å². The monoisotopic (exact) mass is 338 g/mol. The summed E-state index contributed by atoms with van der Waals surface area (Å²) >= 11 is 1.36. The van der Waals surface area contributed by atoms with Gasteiger partial charge in [-0.3, -0.25) is 9.69 Å². The summed E-state index contributed by atoms with van der Waals surface area (Å²) in [6.07, 6.45) is 1.10. The Morgan fingerprint density at radius 3 is 2.78 bits per heavy atom. The minimum Gasteiger partial charge on any atom is -0.379 e. The molecule has 0 unspecified atom stereocenters. The van der Waals surface area contributed by atoms with Crippen LogP contribution in [0.4, 0.5) is 5.00 Å². The average Bonchev–Trinajstić information content (AvgIpc) is 3.18. The van der Waals surface area contributed by atoms with Gasteiger partial charge in [-0.15, -0.1) is 0 Å². The van der Waals surface area contributed by atoms with Crippen molar-refractivity contribution in [3.05, 3.63) is 11.3 Å². The average molecular weight is 338 g/mol. The van der Waals surface area contributed by atoms with Gasteiger partial charge in [-0.2, -0.15) is 4.37 Å². The molecule has 1 aromatic rings. The highest BCUT2D eigenvalue weighted by Crippen LogP contribution is 2.30. The maximum atomic E-state index is 13.0. The zero-order chi connectivity index (χ0) is 16.4. The summed E-state index contributed by atoms with van der Waals surface area (Å²) in [6, 6.07) is 0.456. The lowest BCUT2D eigenvalue weighted by Crippen LogP contribution is -2.47. The van der Waals surface area contributed by atoms with Crippen LogP contribution in [0.5, 0.6) is 0 Å².